The van der Waals surface area contributed by atoms with Gasteiger partial charge in [0.1, 0.15) is 4.60 Å². The Labute approximate surface area is 119 Å². The van der Waals surface area contributed by atoms with Crippen LogP contribution in [0, 0.1) is 0 Å². The summed E-state index contributed by atoms with van der Waals surface area (Å²) in [7, 11) is 1.35. The fourth-order valence-corrected chi connectivity index (χ4v) is 2.06. The summed E-state index contributed by atoms with van der Waals surface area (Å²) in [6.07, 6.45) is 3.07. The molecule has 0 saturated carbocycles. The Bertz CT molecular complexity index is 591. The van der Waals surface area contributed by atoms with E-state index in [0.29, 0.717) is 6.54 Å². The molecule has 2 rings (SSSR count). The predicted molar refractivity (Wildman–Crippen MR) is 76.5 cm³/mol. The van der Waals surface area contributed by atoms with E-state index in [1.165, 1.54) is 13.2 Å². The fourth-order valence-electron chi connectivity index (χ4n) is 1.64. The molecule has 0 aliphatic carbocycles. The molecular formula is C14H13BrN2O2. The third-order valence-corrected chi connectivity index (χ3v) is 2.94. The topological polar surface area (TPSA) is 44.1 Å². The molecule has 1 aromatic heterocycles. The van der Waals surface area contributed by atoms with E-state index in [4.69, 9.17) is 0 Å². The number of ether oxygens (including phenoxy) is 1. The van der Waals surface area contributed by atoms with Crippen LogP contribution in [-0.4, -0.2) is 22.9 Å². The number of hydrogen-bond acceptors (Lipinski definition) is 3. The highest BCUT2D eigenvalue weighted by Gasteiger charge is 2.05. The summed E-state index contributed by atoms with van der Waals surface area (Å²) in [6, 6.07) is 11.9. The van der Waals surface area contributed by atoms with E-state index in [2.05, 4.69) is 25.8 Å². The minimum absolute atomic E-state index is 0.386. The molecule has 0 spiro atoms. The van der Waals surface area contributed by atoms with Crippen molar-refractivity contribution in [3.8, 4) is 0 Å². The van der Waals surface area contributed by atoms with E-state index in [1.54, 1.807) is 6.08 Å². The van der Waals surface area contributed by atoms with Gasteiger partial charge in [0.15, 0.2) is 0 Å². The first-order chi connectivity index (χ1) is 9.19. The first-order valence-corrected chi connectivity index (χ1v) is 6.51. The van der Waals surface area contributed by atoms with Crippen LogP contribution in [0.5, 0.6) is 0 Å². The Morgan fingerprint density at radius 2 is 2.16 bits per heavy atom. The Morgan fingerprint density at radius 1 is 1.42 bits per heavy atom. The van der Waals surface area contributed by atoms with Gasteiger partial charge in [0.25, 0.3) is 0 Å². The average molecular weight is 321 g/mol. The second-order valence-corrected chi connectivity index (χ2v) is 4.70. The van der Waals surface area contributed by atoms with E-state index < -0.39 is 0 Å². The van der Waals surface area contributed by atoms with Crippen LogP contribution in [0.25, 0.3) is 6.08 Å². The number of nitrogens with zero attached hydrogens (tertiary/aromatic N) is 2. The summed E-state index contributed by atoms with van der Waals surface area (Å²) < 4.78 is 7.12. The van der Waals surface area contributed by atoms with Gasteiger partial charge in [-0.3, -0.25) is 4.68 Å². The van der Waals surface area contributed by atoms with Crippen LogP contribution < -0.4 is 0 Å². The van der Waals surface area contributed by atoms with Crippen molar-refractivity contribution in [3.05, 3.63) is 58.3 Å². The third-order valence-electron chi connectivity index (χ3n) is 2.55. The zero-order valence-corrected chi connectivity index (χ0v) is 12.0. The number of carbonyl (C=O) groups excluding carboxylic acids is 1. The number of carbonyl (C=O) groups is 1. The van der Waals surface area contributed by atoms with Crippen molar-refractivity contribution >= 4 is 28.0 Å². The van der Waals surface area contributed by atoms with Crippen LogP contribution in [0.4, 0.5) is 0 Å². The third kappa shape index (κ3) is 3.79. The van der Waals surface area contributed by atoms with Crippen LogP contribution in [0.2, 0.25) is 0 Å². The van der Waals surface area contributed by atoms with Crippen molar-refractivity contribution in [3.63, 3.8) is 0 Å². The molecule has 0 atom stereocenters. The minimum atomic E-state index is -0.386. The summed E-state index contributed by atoms with van der Waals surface area (Å²) >= 11 is 3.34. The van der Waals surface area contributed by atoms with Gasteiger partial charge < -0.3 is 4.74 Å². The zero-order chi connectivity index (χ0) is 13.7. The minimum Gasteiger partial charge on any atom is -0.466 e. The maximum atomic E-state index is 11.1. The second kappa shape index (κ2) is 6.33. The van der Waals surface area contributed by atoms with Gasteiger partial charge in [0.2, 0.25) is 0 Å². The van der Waals surface area contributed by atoms with E-state index >= 15 is 0 Å². The fraction of sp³-hybridized carbons (Fsp3) is 0.143. The predicted octanol–water partition coefficient (Wildman–Crippen LogP) is 2.88. The summed E-state index contributed by atoms with van der Waals surface area (Å²) in [5.41, 5.74) is 1.98. The summed E-state index contributed by atoms with van der Waals surface area (Å²) in [4.78, 5) is 11.1. The zero-order valence-electron chi connectivity index (χ0n) is 10.4. The monoisotopic (exact) mass is 320 g/mol. The maximum absolute atomic E-state index is 11.1. The summed E-state index contributed by atoms with van der Waals surface area (Å²) in [5.74, 6) is -0.386. The summed E-state index contributed by atoms with van der Waals surface area (Å²) in [5, 5.41) is 4.34. The lowest BCUT2D eigenvalue weighted by molar-refractivity contribution is -0.134. The smallest absolute Gasteiger partial charge is 0.330 e. The number of hydrogen-bond donors (Lipinski definition) is 0. The molecule has 0 radical (unpaired) electrons. The normalized spacial score (nSPS) is 10.8. The molecule has 1 heterocycles. The van der Waals surface area contributed by atoms with E-state index in [1.807, 2.05) is 41.1 Å². The highest BCUT2D eigenvalue weighted by Crippen LogP contribution is 2.14. The number of aromatic nitrogens is 2. The van der Waals surface area contributed by atoms with Gasteiger partial charge >= 0.3 is 5.97 Å². The van der Waals surface area contributed by atoms with Crippen molar-refractivity contribution < 1.29 is 9.53 Å². The lowest BCUT2D eigenvalue weighted by Crippen LogP contribution is -2.04. The number of esters is 1. The Morgan fingerprint density at radius 3 is 2.84 bits per heavy atom. The van der Waals surface area contributed by atoms with E-state index in [9.17, 15) is 4.79 Å². The van der Waals surface area contributed by atoms with Crippen molar-refractivity contribution in [1.82, 2.24) is 9.78 Å². The molecule has 0 aliphatic heterocycles. The van der Waals surface area contributed by atoms with E-state index in [0.717, 1.165) is 15.9 Å². The molecule has 0 N–H and O–H groups in total. The molecular weight excluding hydrogens is 308 g/mol. The molecule has 19 heavy (non-hydrogen) atoms. The lowest BCUT2D eigenvalue weighted by Gasteiger charge is -2.04. The Kier molecular flexibility index (Phi) is 4.52. The molecule has 0 bridgehead atoms. The molecule has 5 heteroatoms. The van der Waals surface area contributed by atoms with E-state index in [-0.39, 0.29) is 5.97 Å². The van der Waals surface area contributed by atoms with Crippen LogP contribution >= 0.6 is 15.9 Å². The molecule has 0 saturated heterocycles. The lowest BCUT2D eigenvalue weighted by atomic mass is 10.2. The molecule has 0 unspecified atom stereocenters. The van der Waals surface area contributed by atoms with Gasteiger partial charge in [-0.2, -0.15) is 5.10 Å². The highest BCUT2D eigenvalue weighted by molar-refractivity contribution is 9.10. The molecule has 0 aliphatic rings. The average Bonchev–Trinajstić information content (AvgIpc) is 2.77. The number of rotatable bonds is 4. The largest absolute Gasteiger partial charge is 0.466 e. The van der Waals surface area contributed by atoms with Crippen LogP contribution in [0.1, 0.15) is 11.3 Å². The number of methoxy groups -OCH3 is 1. The van der Waals surface area contributed by atoms with Crippen molar-refractivity contribution in [1.29, 1.82) is 0 Å². The van der Waals surface area contributed by atoms with Crippen molar-refractivity contribution in [2.45, 2.75) is 6.54 Å². The molecule has 1 aromatic carbocycles. The molecule has 0 amide bonds. The van der Waals surface area contributed by atoms with Gasteiger partial charge in [0, 0.05) is 6.08 Å². The van der Waals surface area contributed by atoms with Crippen LogP contribution in [0.3, 0.4) is 0 Å². The van der Waals surface area contributed by atoms with Crippen LogP contribution in [-0.2, 0) is 16.1 Å². The van der Waals surface area contributed by atoms with Crippen molar-refractivity contribution in [2.24, 2.45) is 0 Å². The number of halogens is 1. The number of benzene rings is 1. The molecule has 4 nitrogen and oxygen atoms in total. The molecule has 0 fully saturated rings. The molecule has 2 aromatic rings. The van der Waals surface area contributed by atoms with Crippen LogP contribution in [0.15, 0.2) is 47.1 Å². The van der Waals surface area contributed by atoms with Gasteiger partial charge in [-0.15, -0.1) is 0 Å². The van der Waals surface area contributed by atoms with Gasteiger partial charge in [-0.25, -0.2) is 4.79 Å². The Hall–Kier alpha value is -1.88. The first kappa shape index (κ1) is 13.5. The molecule has 98 valence electrons. The van der Waals surface area contributed by atoms with Gasteiger partial charge in [-0.05, 0) is 33.6 Å². The highest BCUT2D eigenvalue weighted by atomic mass is 79.9. The SMILES string of the molecule is COC(=O)/C=C/c1cc(Br)nn1Cc1ccccc1. The van der Waals surface area contributed by atoms with Gasteiger partial charge in [-0.1, -0.05) is 30.3 Å². The maximum Gasteiger partial charge on any atom is 0.330 e. The van der Waals surface area contributed by atoms with Crippen molar-refractivity contribution in [2.75, 3.05) is 7.11 Å². The quantitative estimate of drug-likeness (QED) is 0.642. The second-order valence-electron chi connectivity index (χ2n) is 3.89. The Balaban J connectivity index is 2.21. The standard InChI is InChI=1S/C14H13BrN2O2/c1-19-14(18)8-7-12-9-13(15)16-17(12)10-11-5-3-2-4-6-11/h2-9H,10H2,1H3/b8-7+. The van der Waals surface area contributed by atoms with Gasteiger partial charge in [0.05, 0.1) is 19.3 Å². The first-order valence-electron chi connectivity index (χ1n) is 5.72. The summed E-state index contributed by atoms with van der Waals surface area (Å²) in [6.45, 7) is 0.646.